The molecule has 2 fully saturated rings. The molecule has 3 rings (SSSR count). The molecule has 0 saturated carbocycles. The summed E-state index contributed by atoms with van der Waals surface area (Å²) in [6.45, 7) is 2.16. The van der Waals surface area contributed by atoms with Crippen LogP contribution in [0.2, 0.25) is 0 Å². The van der Waals surface area contributed by atoms with Gasteiger partial charge < -0.3 is 14.9 Å². The van der Waals surface area contributed by atoms with E-state index in [1.54, 1.807) is 18.2 Å². The second-order valence-corrected chi connectivity index (χ2v) is 6.48. The molecule has 0 aliphatic carbocycles. The van der Waals surface area contributed by atoms with E-state index >= 15 is 0 Å². The van der Waals surface area contributed by atoms with Crippen LogP contribution in [0.3, 0.4) is 0 Å². The maximum Gasteiger partial charge on any atom is 0.335 e. The number of hydrogen-bond acceptors (Lipinski definition) is 3. The van der Waals surface area contributed by atoms with Crippen LogP contribution in [0.1, 0.15) is 41.6 Å². The lowest BCUT2D eigenvalue weighted by Crippen LogP contribution is -2.47. The summed E-state index contributed by atoms with van der Waals surface area (Å²) in [7, 11) is 0. The normalized spacial score (nSPS) is 18.9. The Kier molecular flexibility index (Phi) is 4.83. The molecule has 0 unspecified atom stereocenters. The Labute approximate surface area is 141 Å². The van der Waals surface area contributed by atoms with Crippen molar-refractivity contribution in [2.75, 3.05) is 19.6 Å². The Morgan fingerprint density at radius 2 is 1.92 bits per heavy atom. The van der Waals surface area contributed by atoms with Gasteiger partial charge in [-0.15, -0.1) is 0 Å². The molecular formula is C18H22N2O4. The van der Waals surface area contributed by atoms with Gasteiger partial charge in [-0.1, -0.05) is 12.1 Å². The van der Waals surface area contributed by atoms with Crippen molar-refractivity contribution in [2.45, 2.75) is 38.1 Å². The number of aromatic carboxylic acids is 1. The first-order chi connectivity index (χ1) is 11.5. The van der Waals surface area contributed by atoms with E-state index in [-0.39, 0.29) is 29.8 Å². The van der Waals surface area contributed by atoms with E-state index in [9.17, 15) is 14.4 Å². The molecule has 2 heterocycles. The van der Waals surface area contributed by atoms with Crippen LogP contribution in [0.15, 0.2) is 24.3 Å². The number of piperidine rings is 1. The van der Waals surface area contributed by atoms with Crippen molar-refractivity contribution in [3.8, 4) is 0 Å². The molecule has 6 nitrogen and oxygen atoms in total. The SMILES string of the molecule is O=C(O)c1cccc(CC(=O)N2CCC(N3CCCC3=O)CC2)c1. The third kappa shape index (κ3) is 3.58. The molecule has 0 radical (unpaired) electrons. The van der Waals surface area contributed by atoms with Crippen LogP contribution in [0, 0.1) is 0 Å². The largest absolute Gasteiger partial charge is 0.478 e. The van der Waals surface area contributed by atoms with E-state index < -0.39 is 5.97 Å². The van der Waals surface area contributed by atoms with Crippen LogP contribution >= 0.6 is 0 Å². The van der Waals surface area contributed by atoms with Crippen molar-refractivity contribution in [3.05, 3.63) is 35.4 Å². The fourth-order valence-electron chi connectivity index (χ4n) is 3.58. The van der Waals surface area contributed by atoms with Gasteiger partial charge in [0.1, 0.15) is 0 Å². The highest BCUT2D eigenvalue weighted by Gasteiger charge is 2.31. The van der Waals surface area contributed by atoms with E-state index in [1.165, 1.54) is 6.07 Å². The summed E-state index contributed by atoms with van der Waals surface area (Å²) in [5.41, 5.74) is 0.920. The number of carboxylic acid groups (broad SMARTS) is 1. The summed E-state index contributed by atoms with van der Waals surface area (Å²) in [5.74, 6) is -0.727. The van der Waals surface area contributed by atoms with Gasteiger partial charge in [0.2, 0.25) is 11.8 Å². The highest BCUT2D eigenvalue weighted by molar-refractivity contribution is 5.88. The van der Waals surface area contributed by atoms with Crippen LogP contribution in [0.4, 0.5) is 0 Å². The Morgan fingerprint density at radius 3 is 2.54 bits per heavy atom. The Hall–Kier alpha value is -2.37. The second kappa shape index (κ2) is 7.03. The molecule has 128 valence electrons. The summed E-state index contributed by atoms with van der Waals surface area (Å²) in [6.07, 6.45) is 3.46. The second-order valence-electron chi connectivity index (χ2n) is 6.48. The lowest BCUT2D eigenvalue weighted by molar-refractivity contribution is -0.134. The van der Waals surface area contributed by atoms with Crippen molar-refractivity contribution >= 4 is 17.8 Å². The summed E-state index contributed by atoms with van der Waals surface area (Å²) in [5, 5.41) is 9.02. The van der Waals surface area contributed by atoms with Gasteiger partial charge in [-0.25, -0.2) is 4.79 Å². The minimum Gasteiger partial charge on any atom is -0.478 e. The third-order valence-corrected chi connectivity index (χ3v) is 4.90. The molecule has 2 aliphatic rings. The standard InChI is InChI=1S/C18H22N2O4/c21-16-5-2-8-20(16)15-6-9-19(10-7-15)17(22)12-13-3-1-4-14(11-13)18(23)24/h1,3-4,11,15H,2,5-10,12H2,(H,23,24). The number of carboxylic acids is 1. The number of carbonyl (C=O) groups excluding carboxylic acids is 2. The minimum atomic E-state index is -0.986. The van der Waals surface area contributed by atoms with E-state index in [0.717, 1.165) is 31.4 Å². The molecule has 1 N–H and O–H groups in total. The summed E-state index contributed by atoms with van der Waals surface area (Å²) in [6, 6.07) is 6.78. The van der Waals surface area contributed by atoms with Crippen LogP contribution in [-0.2, 0) is 16.0 Å². The number of carbonyl (C=O) groups is 3. The molecule has 0 spiro atoms. The first-order valence-electron chi connectivity index (χ1n) is 8.44. The number of amides is 2. The molecule has 24 heavy (non-hydrogen) atoms. The van der Waals surface area contributed by atoms with Crippen LogP contribution in [0.5, 0.6) is 0 Å². The van der Waals surface area contributed by atoms with Gasteiger partial charge in [0.25, 0.3) is 0 Å². The van der Waals surface area contributed by atoms with Gasteiger partial charge >= 0.3 is 5.97 Å². The van der Waals surface area contributed by atoms with Gasteiger partial charge in [0, 0.05) is 32.1 Å². The van der Waals surface area contributed by atoms with Gasteiger partial charge in [-0.05, 0) is 37.0 Å². The molecule has 6 heteroatoms. The van der Waals surface area contributed by atoms with Crippen molar-refractivity contribution in [1.29, 1.82) is 0 Å². The van der Waals surface area contributed by atoms with Crippen molar-refractivity contribution in [2.24, 2.45) is 0 Å². The van der Waals surface area contributed by atoms with Gasteiger partial charge in [-0.2, -0.15) is 0 Å². The molecule has 1 aromatic rings. The smallest absolute Gasteiger partial charge is 0.335 e. The highest BCUT2D eigenvalue weighted by Crippen LogP contribution is 2.22. The predicted octanol–water partition coefficient (Wildman–Crippen LogP) is 1.54. The number of rotatable bonds is 4. The van der Waals surface area contributed by atoms with Crippen molar-refractivity contribution < 1.29 is 19.5 Å². The maximum absolute atomic E-state index is 12.4. The van der Waals surface area contributed by atoms with E-state index in [1.807, 2.05) is 9.80 Å². The average Bonchev–Trinajstić information content (AvgIpc) is 3.01. The quantitative estimate of drug-likeness (QED) is 0.908. The molecule has 0 bridgehead atoms. The van der Waals surface area contributed by atoms with Gasteiger partial charge in [-0.3, -0.25) is 9.59 Å². The fourth-order valence-corrected chi connectivity index (χ4v) is 3.58. The number of benzene rings is 1. The fraction of sp³-hybridized carbons (Fsp3) is 0.500. The average molecular weight is 330 g/mol. The molecule has 2 amide bonds. The van der Waals surface area contributed by atoms with Crippen molar-refractivity contribution in [1.82, 2.24) is 9.80 Å². The molecule has 0 atom stereocenters. The van der Waals surface area contributed by atoms with Crippen LogP contribution < -0.4 is 0 Å². The van der Waals surface area contributed by atoms with Gasteiger partial charge in [0.05, 0.1) is 12.0 Å². The maximum atomic E-state index is 12.4. The summed E-state index contributed by atoms with van der Waals surface area (Å²) < 4.78 is 0. The van der Waals surface area contributed by atoms with Crippen LogP contribution in [-0.4, -0.2) is 58.4 Å². The van der Waals surface area contributed by atoms with E-state index in [2.05, 4.69) is 0 Å². The zero-order valence-corrected chi connectivity index (χ0v) is 13.6. The Morgan fingerprint density at radius 1 is 1.17 bits per heavy atom. The van der Waals surface area contributed by atoms with Crippen molar-refractivity contribution in [3.63, 3.8) is 0 Å². The summed E-state index contributed by atoms with van der Waals surface area (Å²) >= 11 is 0. The molecular weight excluding hydrogens is 308 g/mol. The number of likely N-dealkylation sites (tertiary alicyclic amines) is 2. The first kappa shape index (κ1) is 16.5. The first-order valence-corrected chi connectivity index (χ1v) is 8.44. The topological polar surface area (TPSA) is 77.9 Å². The zero-order valence-electron chi connectivity index (χ0n) is 13.6. The summed E-state index contributed by atoms with van der Waals surface area (Å²) in [4.78, 5) is 39.0. The molecule has 2 aliphatic heterocycles. The van der Waals surface area contributed by atoms with E-state index in [4.69, 9.17) is 5.11 Å². The van der Waals surface area contributed by atoms with E-state index in [0.29, 0.717) is 19.5 Å². The molecule has 1 aromatic carbocycles. The van der Waals surface area contributed by atoms with Crippen LogP contribution in [0.25, 0.3) is 0 Å². The Bertz CT molecular complexity index is 650. The van der Waals surface area contributed by atoms with Gasteiger partial charge in [0.15, 0.2) is 0 Å². The Balaban J connectivity index is 1.54. The number of nitrogens with zero attached hydrogens (tertiary/aromatic N) is 2. The highest BCUT2D eigenvalue weighted by atomic mass is 16.4. The lowest BCUT2D eigenvalue weighted by Gasteiger charge is -2.36. The zero-order chi connectivity index (χ0) is 17.1. The monoisotopic (exact) mass is 330 g/mol. The number of hydrogen-bond donors (Lipinski definition) is 1. The molecule has 0 aromatic heterocycles. The lowest BCUT2D eigenvalue weighted by atomic mass is 10.0. The minimum absolute atomic E-state index is 0.0173. The molecule has 2 saturated heterocycles. The third-order valence-electron chi connectivity index (χ3n) is 4.90. The predicted molar refractivity (Wildman–Crippen MR) is 87.7 cm³/mol.